The van der Waals surface area contributed by atoms with Crippen molar-refractivity contribution in [3.05, 3.63) is 0 Å². The van der Waals surface area contributed by atoms with E-state index in [2.05, 4.69) is 5.32 Å². The van der Waals surface area contributed by atoms with Crippen LogP contribution in [0.5, 0.6) is 0 Å². The summed E-state index contributed by atoms with van der Waals surface area (Å²) in [4.78, 5) is 11.4. The highest BCUT2D eigenvalue weighted by atomic mass is 32.2. The Hall–Kier alpha value is -1.13. The van der Waals surface area contributed by atoms with Crippen molar-refractivity contribution in [3.63, 3.8) is 0 Å². The van der Waals surface area contributed by atoms with E-state index in [9.17, 15) is 13.2 Å². The van der Waals surface area contributed by atoms with Gasteiger partial charge >= 0.3 is 0 Å². The van der Waals surface area contributed by atoms with E-state index in [-0.39, 0.29) is 5.91 Å². The predicted octanol–water partition coefficient (Wildman–Crippen LogP) is -0.950. The minimum absolute atomic E-state index is 0.311. The maximum atomic E-state index is 11.6. The second-order valence-electron chi connectivity index (χ2n) is 3.30. The van der Waals surface area contributed by atoms with Crippen molar-refractivity contribution in [2.75, 3.05) is 19.3 Å². The molecule has 0 spiro atoms. The average molecular weight is 231 g/mol. The van der Waals surface area contributed by atoms with Crippen molar-refractivity contribution < 1.29 is 13.2 Å². The van der Waals surface area contributed by atoms with Gasteiger partial charge in [0.2, 0.25) is 15.9 Å². The van der Waals surface area contributed by atoms with Crippen molar-refractivity contribution in [2.45, 2.75) is 18.9 Å². The minimum Gasteiger partial charge on any atom is -0.358 e. The molecule has 1 N–H and O–H groups in total. The highest BCUT2D eigenvalue weighted by Gasteiger charge is 2.37. The number of nitrogens with one attached hydrogen (secondary N) is 1. The van der Waals surface area contributed by atoms with Crippen molar-refractivity contribution in [1.82, 2.24) is 9.62 Å². The van der Waals surface area contributed by atoms with Crippen LogP contribution in [0.2, 0.25) is 0 Å². The molecule has 1 fully saturated rings. The molecule has 0 aromatic carbocycles. The smallest absolute Gasteiger partial charge is 0.238 e. The number of hydrogen-bond acceptors (Lipinski definition) is 4. The molecule has 0 saturated carbocycles. The average Bonchev–Trinajstić information content (AvgIpc) is 2.65. The Labute approximate surface area is 88.9 Å². The van der Waals surface area contributed by atoms with Crippen LogP contribution in [0.25, 0.3) is 0 Å². The number of hydrogen-bond donors (Lipinski definition) is 1. The van der Waals surface area contributed by atoms with Gasteiger partial charge in [-0.15, -0.1) is 0 Å². The molecule has 15 heavy (non-hydrogen) atoms. The van der Waals surface area contributed by atoms with Gasteiger partial charge in [0.25, 0.3) is 0 Å². The van der Waals surface area contributed by atoms with Crippen molar-refractivity contribution in [1.29, 1.82) is 5.26 Å². The zero-order valence-corrected chi connectivity index (χ0v) is 9.25. The van der Waals surface area contributed by atoms with Gasteiger partial charge in [-0.1, -0.05) is 0 Å². The van der Waals surface area contributed by atoms with E-state index in [4.69, 9.17) is 5.26 Å². The molecule has 1 heterocycles. The van der Waals surface area contributed by atoms with Gasteiger partial charge in [0.1, 0.15) is 6.04 Å². The highest BCUT2D eigenvalue weighted by Crippen LogP contribution is 2.21. The van der Waals surface area contributed by atoms with Gasteiger partial charge in [0.05, 0.1) is 6.07 Å². The van der Waals surface area contributed by atoms with Crippen LogP contribution in [-0.2, 0) is 14.8 Å². The second-order valence-corrected chi connectivity index (χ2v) is 5.22. The van der Waals surface area contributed by atoms with E-state index in [1.54, 1.807) is 6.07 Å². The monoisotopic (exact) mass is 231 g/mol. The molecule has 7 heteroatoms. The summed E-state index contributed by atoms with van der Waals surface area (Å²) in [6, 6.07) is 0.956. The van der Waals surface area contributed by atoms with E-state index in [1.807, 2.05) is 0 Å². The number of nitrogens with zero attached hydrogens (tertiary/aromatic N) is 2. The molecular weight excluding hydrogens is 218 g/mol. The van der Waals surface area contributed by atoms with Crippen molar-refractivity contribution >= 4 is 15.9 Å². The van der Waals surface area contributed by atoms with Crippen molar-refractivity contribution in [2.24, 2.45) is 0 Å². The Kier molecular flexibility index (Phi) is 3.66. The third kappa shape index (κ3) is 2.46. The summed E-state index contributed by atoms with van der Waals surface area (Å²) in [6.07, 6.45) is 1.17. The fourth-order valence-corrected chi connectivity index (χ4v) is 2.99. The van der Waals surface area contributed by atoms with E-state index >= 15 is 0 Å². The molecule has 1 saturated heterocycles. The lowest BCUT2D eigenvalue weighted by atomic mass is 10.2. The molecule has 1 rings (SSSR count). The van der Waals surface area contributed by atoms with Crippen LogP contribution in [0, 0.1) is 11.3 Å². The SMILES string of the molecule is CNC(=O)C1CCCN1S(=O)(=O)CC#N. The van der Waals surface area contributed by atoms with Gasteiger partial charge in [-0.2, -0.15) is 9.57 Å². The summed E-state index contributed by atoms with van der Waals surface area (Å²) in [6.45, 7) is 0.322. The van der Waals surface area contributed by atoms with Crippen LogP contribution in [0.3, 0.4) is 0 Å². The molecule has 1 aliphatic rings. The maximum Gasteiger partial charge on any atom is 0.238 e. The Morgan fingerprint density at radius 1 is 1.67 bits per heavy atom. The first-order valence-corrected chi connectivity index (χ1v) is 6.22. The number of sulfonamides is 1. The fourth-order valence-electron chi connectivity index (χ4n) is 1.67. The quantitative estimate of drug-likeness (QED) is 0.678. The summed E-state index contributed by atoms with van der Waals surface area (Å²) in [5, 5.41) is 10.8. The molecule has 0 aromatic rings. The summed E-state index contributed by atoms with van der Waals surface area (Å²) in [5.41, 5.74) is 0. The third-order valence-electron chi connectivity index (χ3n) is 2.36. The molecule has 1 unspecified atom stereocenters. The van der Waals surface area contributed by atoms with E-state index in [1.165, 1.54) is 7.05 Å². The minimum atomic E-state index is -3.60. The Morgan fingerprint density at radius 3 is 2.87 bits per heavy atom. The van der Waals surface area contributed by atoms with Crippen LogP contribution in [-0.4, -0.2) is 44.0 Å². The Bertz CT molecular complexity index is 384. The lowest BCUT2D eigenvalue weighted by Crippen LogP contribution is -2.45. The molecular formula is C8H13N3O3S. The molecule has 6 nitrogen and oxygen atoms in total. The molecule has 0 bridgehead atoms. The van der Waals surface area contributed by atoms with Gasteiger partial charge in [-0.25, -0.2) is 8.42 Å². The lowest BCUT2D eigenvalue weighted by Gasteiger charge is -2.21. The number of nitriles is 1. The fraction of sp³-hybridized carbons (Fsp3) is 0.750. The molecule has 1 aliphatic heterocycles. The molecule has 84 valence electrons. The number of amides is 1. The molecule has 0 radical (unpaired) electrons. The third-order valence-corrected chi connectivity index (χ3v) is 4.00. The van der Waals surface area contributed by atoms with Gasteiger partial charge in [-0.05, 0) is 12.8 Å². The first-order chi connectivity index (χ1) is 7.03. The zero-order valence-electron chi connectivity index (χ0n) is 8.43. The highest BCUT2D eigenvalue weighted by molar-refractivity contribution is 7.89. The lowest BCUT2D eigenvalue weighted by molar-refractivity contribution is -0.123. The summed E-state index contributed by atoms with van der Waals surface area (Å²) in [5.74, 6) is -0.880. The molecule has 1 amide bonds. The molecule has 0 aliphatic carbocycles. The molecule has 0 aromatic heterocycles. The molecule has 1 atom stereocenters. The van der Waals surface area contributed by atoms with Gasteiger partial charge in [0.15, 0.2) is 5.75 Å². The summed E-state index contributed by atoms with van der Waals surface area (Å²) < 4.78 is 24.3. The normalized spacial score (nSPS) is 22.3. The van der Waals surface area contributed by atoms with Gasteiger partial charge in [0, 0.05) is 13.6 Å². The summed E-state index contributed by atoms with van der Waals surface area (Å²) >= 11 is 0. The van der Waals surface area contributed by atoms with Crippen LogP contribution in [0.1, 0.15) is 12.8 Å². The standard InChI is InChI=1S/C8H13N3O3S/c1-10-8(12)7-3-2-5-11(7)15(13,14)6-4-9/h7H,2-3,5-6H2,1H3,(H,10,12). The first kappa shape index (κ1) is 11.9. The second kappa shape index (κ2) is 4.59. The largest absolute Gasteiger partial charge is 0.358 e. The zero-order chi connectivity index (χ0) is 11.5. The Morgan fingerprint density at radius 2 is 2.33 bits per heavy atom. The van der Waals surface area contributed by atoms with E-state index in [0.717, 1.165) is 4.31 Å². The van der Waals surface area contributed by atoms with Gasteiger partial charge < -0.3 is 5.32 Å². The van der Waals surface area contributed by atoms with Crippen molar-refractivity contribution in [3.8, 4) is 6.07 Å². The Balaban J connectivity index is 2.87. The topological polar surface area (TPSA) is 90.3 Å². The number of carbonyl (C=O) groups is 1. The maximum absolute atomic E-state index is 11.6. The van der Waals surface area contributed by atoms with Gasteiger partial charge in [-0.3, -0.25) is 4.79 Å². The summed E-state index contributed by atoms with van der Waals surface area (Å²) in [7, 11) is -2.13. The van der Waals surface area contributed by atoms with Crippen LogP contribution in [0.15, 0.2) is 0 Å². The number of carbonyl (C=O) groups excluding carboxylic acids is 1. The number of likely N-dealkylation sites (N-methyl/N-ethyl adjacent to an activating group) is 1. The van der Waals surface area contributed by atoms with E-state index in [0.29, 0.717) is 19.4 Å². The van der Waals surface area contributed by atoms with Crippen LogP contribution in [0.4, 0.5) is 0 Å². The van der Waals surface area contributed by atoms with Crippen LogP contribution >= 0.6 is 0 Å². The predicted molar refractivity (Wildman–Crippen MR) is 53.2 cm³/mol. The first-order valence-electron chi connectivity index (χ1n) is 4.61. The number of rotatable bonds is 3. The van der Waals surface area contributed by atoms with Crippen LogP contribution < -0.4 is 5.32 Å². The van der Waals surface area contributed by atoms with E-state index < -0.39 is 21.8 Å².